The number of ether oxygens (including phenoxy) is 4. The third-order valence-electron chi connectivity index (χ3n) is 9.49. The predicted octanol–water partition coefficient (Wildman–Crippen LogP) is 4.15. The van der Waals surface area contributed by atoms with Gasteiger partial charge in [-0.15, -0.1) is 0 Å². The third kappa shape index (κ3) is 5.69. The first-order valence-corrected chi connectivity index (χ1v) is 14.0. The number of hydrogen-bond acceptors (Lipinski definition) is 7. The minimum atomic E-state index is -0.106. The number of allylic oxidation sites excluding steroid dienone is 1. The Morgan fingerprint density at radius 2 is 2.03 bits per heavy atom. The standard InChI is InChI=1S/C30H44N2O5/c1-21-6-5-9-30(2)18-28-24(17-26(21)30)25(29(33)37-28)20-32(11-10-31-12-14-36-15-13-31)19-22-16-23(34-3)7-8-27(22)35-4/h7-8,16,24-26,28H,1,5-6,9-15,17-20H2,2-4H3/t24-,25-,26-,28+,30+/m0/s1. The molecule has 2 saturated heterocycles. The molecule has 0 N–H and O–H groups in total. The van der Waals surface area contributed by atoms with Crippen LogP contribution in [0.2, 0.25) is 0 Å². The lowest BCUT2D eigenvalue weighted by molar-refractivity contribution is -0.146. The van der Waals surface area contributed by atoms with Gasteiger partial charge in [-0.05, 0) is 61.6 Å². The van der Waals surface area contributed by atoms with Crippen molar-refractivity contribution >= 4 is 5.97 Å². The zero-order valence-electron chi connectivity index (χ0n) is 22.9. The fourth-order valence-corrected chi connectivity index (χ4v) is 7.33. The maximum Gasteiger partial charge on any atom is 0.310 e. The average molecular weight is 513 g/mol. The lowest BCUT2D eigenvalue weighted by atomic mass is 9.55. The summed E-state index contributed by atoms with van der Waals surface area (Å²) in [5.41, 5.74) is 2.68. The second-order valence-corrected chi connectivity index (χ2v) is 11.8. The SMILES string of the molecule is C=C1CCC[C@]2(C)C[C@H]3OC(=O)[C@@H](CN(CCN4CCOCC4)Cc4cc(OC)ccc4OC)[C@@H]3C[C@@H]12. The van der Waals surface area contributed by atoms with Gasteiger partial charge in [-0.25, -0.2) is 0 Å². The zero-order chi connectivity index (χ0) is 26.0. The number of morpholine rings is 1. The Kier molecular flexibility index (Phi) is 8.13. The van der Waals surface area contributed by atoms with Crippen LogP contribution in [0.4, 0.5) is 0 Å². The molecular formula is C30H44N2O5. The largest absolute Gasteiger partial charge is 0.497 e. The summed E-state index contributed by atoms with van der Waals surface area (Å²) >= 11 is 0. The van der Waals surface area contributed by atoms with Crippen molar-refractivity contribution in [2.45, 2.75) is 51.7 Å². The van der Waals surface area contributed by atoms with Crippen molar-refractivity contribution in [2.75, 3.05) is 60.2 Å². The zero-order valence-corrected chi connectivity index (χ0v) is 22.9. The van der Waals surface area contributed by atoms with E-state index in [2.05, 4.69) is 29.4 Å². The Balaban J connectivity index is 1.35. The number of benzene rings is 1. The number of rotatable bonds is 9. The first kappa shape index (κ1) is 26.5. The molecule has 4 aliphatic rings. The lowest BCUT2D eigenvalue weighted by Gasteiger charge is -2.50. The molecule has 0 spiro atoms. The molecule has 1 aromatic rings. The topological polar surface area (TPSA) is 60.5 Å². The summed E-state index contributed by atoms with van der Waals surface area (Å²) in [6.07, 6.45) is 5.58. The van der Waals surface area contributed by atoms with Gasteiger partial charge in [0.05, 0.1) is 33.4 Å². The number of nitrogens with zero attached hydrogens (tertiary/aromatic N) is 2. The van der Waals surface area contributed by atoms with E-state index in [9.17, 15) is 4.79 Å². The molecule has 7 nitrogen and oxygen atoms in total. The smallest absolute Gasteiger partial charge is 0.310 e. The van der Waals surface area contributed by atoms with Gasteiger partial charge in [-0.3, -0.25) is 14.6 Å². The van der Waals surface area contributed by atoms with Crippen LogP contribution in [0.15, 0.2) is 30.4 Å². The molecule has 0 aromatic heterocycles. The summed E-state index contributed by atoms with van der Waals surface area (Å²) in [5, 5.41) is 0. The van der Waals surface area contributed by atoms with Crippen molar-refractivity contribution in [3.63, 3.8) is 0 Å². The molecule has 0 radical (unpaired) electrons. The van der Waals surface area contributed by atoms with Gasteiger partial charge in [0.2, 0.25) is 0 Å². The van der Waals surface area contributed by atoms with Crippen LogP contribution < -0.4 is 9.47 Å². The van der Waals surface area contributed by atoms with Gasteiger partial charge < -0.3 is 18.9 Å². The Bertz CT molecular complexity index is 977. The van der Waals surface area contributed by atoms with Gasteiger partial charge in [0.25, 0.3) is 0 Å². The number of fused-ring (bicyclic) bond motifs is 2. The first-order chi connectivity index (χ1) is 17.9. The van der Waals surface area contributed by atoms with Crippen LogP contribution in [-0.4, -0.2) is 82.0 Å². The minimum absolute atomic E-state index is 0.0168. The van der Waals surface area contributed by atoms with Gasteiger partial charge in [0.1, 0.15) is 17.6 Å². The van der Waals surface area contributed by atoms with E-state index in [0.717, 1.165) is 75.7 Å². The van der Waals surface area contributed by atoms with Crippen molar-refractivity contribution in [1.82, 2.24) is 9.80 Å². The molecule has 7 heteroatoms. The maximum atomic E-state index is 13.3. The van der Waals surface area contributed by atoms with Crippen LogP contribution >= 0.6 is 0 Å². The summed E-state index contributed by atoms with van der Waals surface area (Å²) in [5.74, 6) is 2.29. The van der Waals surface area contributed by atoms with E-state index in [1.807, 2.05) is 12.1 Å². The van der Waals surface area contributed by atoms with Crippen molar-refractivity contribution in [1.29, 1.82) is 0 Å². The second kappa shape index (κ2) is 11.3. The fourth-order valence-electron chi connectivity index (χ4n) is 7.33. The molecule has 0 amide bonds. The Labute approximate surface area is 222 Å². The fraction of sp³-hybridized carbons (Fsp3) is 0.700. The summed E-state index contributed by atoms with van der Waals surface area (Å²) in [6.45, 7) is 13.5. The van der Waals surface area contributed by atoms with Crippen LogP contribution in [0.3, 0.4) is 0 Å². The summed E-state index contributed by atoms with van der Waals surface area (Å²) < 4.78 is 22.8. The van der Waals surface area contributed by atoms with Crippen LogP contribution in [0, 0.1) is 23.2 Å². The first-order valence-electron chi connectivity index (χ1n) is 14.0. The Morgan fingerprint density at radius 1 is 1.22 bits per heavy atom. The molecule has 0 unspecified atom stereocenters. The van der Waals surface area contributed by atoms with E-state index in [0.29, 0.717) is 19.0 Å². The molecule has 0 bridgehead atoms. The molecule has 2 heterocycles. The highest BCUT2D eigenvalue weighted by molar-refractivity contribution is 5.75. The molecule has 1 aromatic carbocycles. The molecular weight excluding hydrogens is 468 g/mol. The normalized spacial score (nSPS) is 32.1. The summed E-state index contributed by atoms with van der Waals surface area (Å²) in [7, 11) is 3.39. The van der Waals surface area contributed by atoms with Gasteiger partial charge in [-0.1, -0.05) is 19.1 Å². The Hall–Kier alpha value is -2.09. The van der Waals surface area contributed by atoms with Crippen LogP contribution in [0.1, 0.15) is 44.6 Å². The molecule has 2 saturated carbocycles. The van der Waals surface area contributed by atoms with Crippen LogP contribution in [0.5, 0.6) is 11.5 Å². The van der Waals surface area contributed by atoms with E-state index >= 15 is 0 Å². The van der Waals surface area contributed by atoms with Crippen LogP contribution in [0.25, 0.3) is 0 Å². The third-order valence-corrected chi connectivity index (χ3v) is 9.49. The van der Waals surface area contributed by atoms with E-state index in [1.54, 1.807) is 14.2 Å². The van der Waals surface area contributed by atoms with E-state index < -0.39 is 0 Å². The highest BCUT2D eigenvalue weighted by atomic mass is 16.6. The Morgan fingerprint density at radius 3 is 2.78 bits per heavy atom. The molecule has 37 heavy (non-hydrogen) atoms. The van der Waals surface area contributed by atoms with Gasteiger partial charge >= 0.3 is 5.97 Å². The van der Waals surface area contributed by atoms with Crippen molar-refractivity contribution in [3.05, 3.63) is 35.9 Å². The van der Waals surface area contributed by atoms with Gasteiger partial charge in [0, 0.05) is 50.7 Å². The quantitative estimate of drug-likeness (QED) is 0.364. The number of esters is 1. The number of carbonyl (C=O) groups is 1. The molecule has 204 valence electrons. The second-order valence-electron chi connectivity index (χ2n) is 11.8. The molecule has 2 aliphatic carbocycles. The monoisotopic (exact) mass is 512 g/mol. The maximum absolute atomic E-state index is 13.3. The number of carbonyl (C=O) groups excluding carboxylic acids is 1. The van der Waals surface area contributed by atoms with Crippen LogP contribution in [-0.2, 0) is 20.8 Å². The minimum Gasteiger partial charge on any atom is -0.497 e. The highest BCUT2D eigenvalue weighted by Gasteiger charge is 2.55. The molecule has 5 atom stereocenters. The highest BCUT2D eigenvalue weighted by Crippen LogP contribution is 2.57. The summed E-state index contributed by atoms with van der Waals surface area (Å²) in [6, 6.07) is 5.94. The van der Waals surface area contributed by atoms with Gasteiger partial charge in [-0.2, -0.15) is 0 Å². The molecule has 5 rings (SSSR count). The van der Waals surface area contributed by atoms with Gasteiger partial charge in [0.15, 0.2) is 0 Å². The number of hydrogen-bond donors (Lipinski definition) is 0. The van der Waals surface area contributed by atoms with E-state index in [4.69, 9.17) is 18.9 Å². The van der Waals surface area contributed by atoms with E-state index in [1.165, 1.54) is 18.4 Å². The van der Waals surface area contributed by atoms with Crippen molar-refractivity contribution < 1.29 is 23.7 Å². The molecule has 2 aliphatic heterocycles. The van der Waals surface area contributed by atoms with Crippen molar-refractivity contribution in [3.8, 4) is 11.5 Å². The summed E-state index contributed by atoms with van der Waals surface area (Å²) in [4.78, 5) is 18.2. The molecule has 4 fully saturated rings. The number of methoxy groups -OCH3 is 2. The predicted molar refractivity (Wildman–Crippen MR) is 143 cm³/mol. The average Bonchev–Trinajstić information content (AvgIpc) is 3.19. The van der Waals surface area contributed by atoms with Crippen molar-refractivity contribution in [2.24, 2.45) is 23.2 Å². The van der Waals surface area contributed by atoms with E-state index in [-0.39, 0.29) is 29.3 Å². The lowest BCUT2D eigenvalue weighted by Crippen LogP contribution is -2.46.